The third-order valence-electron chi connectivity index (χ3n) is 3.84. The van der Waals surface area contributed by atoms with Gasteiger partial charge < -0.3 is 15.2 Å². The number of aliphatic hydroxyl groups excluding tert-OH is 1. The molecule has 8 heteroatoms. The summed E-state index contributed by atoms with van der Waals surface area (Å²) in [4.78, 5) is 16.4. The Balaban J connectivity index is 0.00000136. The van der Waals surface area contributed by atoms with Crippen molar-refractivity contribution in [3.05, 3.63) is 48.2 Å². The third kappa shape index (κ3) is 5.46. The Morgan fingerprint density at radius 1 is 1.32 bits per heavy atom. The van der Waals surface area contributed by atoms with E-state index in [1.807, 2.05) is 37.3 Å². The molecule has 8 nitrogen and oxygen atoms in total. The number of amides is 2. The molecule has 146 valence electrons. The summed E-state index contributed by atoms with van der Waals surface area (Å²) >= 11 is 0. The second kappa shape index (κ2) is 10.5. The number of nitrogens with zero attached hydrogens (tertiary/aromatic N) is 2. The number of carbonyl (C=O) groups is 1. The van der Waals surface area contributed by atoms with E-state index in [1.165, 1.54) is 0 Å². The van der Waals surface area contributed by atoms with E-state index in [2.05, 4.69) is 38.7 Å². The highest BCUT2D eigenvalue weighted by Gasteiger charge is 2.12. The number of pyridine rings is 1. The van der Waals surface area contributed by atoms with E-state index in [4.69, 9.17) is 9.84 Å². The molecule has 1 atom stereocenters. The van der Waals surface area contributed by atoms with Crippen LogP contribution < -0.4 is 15.4 Å². The number of aliphatic hydroxyl groups is 1. The van der Waals surface area contributed by atoms with Crippen LogP contribution in [-0.2, 0) is 0 Å². The number of terminal acetylenes is 1. The maximum Gasteiger partial charge on any atom is 0.320 e. The molecule has 0 aliphatic rings. The number of aromatic amines is 1. The van der Waals surface area contributed by atoms with Crippen molar-refractivity contribution in [3.63, 3.8) is 0 Å². The van der Waals surface area contributed by atoms with Gasteiger partial charge >= 0.3 is 6.03 Å². The molecular weight excluding hydrogens is 358 g/mol. The van der Waals surface area contributed by atoms with Gasteiger partial charge in [0.25, 0.3) is 0 Å². The smallest absolute Gasteiger partial charge is 0.320 e. The van der Waals surface area contributed by atoms with Crippen LogP contribution in [0.25, 0.3) is 10.9 Å². The molecule has 0 bridgehead atoms. The van der Waals surface area contributed by atoms with Gasteiger partial charge in [-0.1, -0.05) is 30.3 Å². The highest BCUT2D eigenvalue weighted by molar-refractivity contribution is 5.92. The zero-order valence-corrected chi connectivity index (χ0v) is 15.6. The first-order chi connectivity index (χ1) is 13.7. The van der Waals surface area contributed by atoms with Gasteiger partial charge in [0.2, 0.25) is 5.88 Å². The number of aromatic nitrogens is 3. The Kier molecular flexibility index (Phi) is 7.81. The van der Waals surface area contributed by atoms with Gasteiger partial charge in [-0.25, -0.2) is 9.78 Å². The van der Waals surface area contributed by atoms with E-state index in [1.54, 1.807) is 12.3 Å². The van der Waals surface area contributed by atoms with Gasteiger partial charge in [0.1, 0.15) is 5.82 Å². The summed E-state index contributed by atoms with van der Waals surface area (Å²) in [6.45, 7) is 2.35. The van der Waals surface area contributed by atoms with Crippen molar-refractivity contribution >= 4 is 22.8 Å². The van der Waals surface area contributed by atoms with E-state index in [-0.39, 0.29) is 18.7 Å². The molecule has 0 saturated heterocycles. The lowest BCUT2D eigenvalue weighted by Gasteiger charge is -2.14. The standard InChI is InChI=1S/C18H21N5O3.C2H2/c1-12(13-6-3-2-4-7-13)20-18(25)21-16-10-15-14(11-19-16)17(23-22-15)26-9-5-8-24;1-2/h2-4,6-7,10-12,24H,5,8-9H2,1H3,(H,22,23)(H2,19,20,21,25);1-2H/t12-;/m1./s1. The van der Waals surface area contributed by atoms with Gasteiger partial charge in [0, 0.05) is 25.3 Å². The van der Waals surface area contributed by atoms with Crippen LogP contribution in [0.2, 0.25) is 0 Å². The number of hydrogen-bond donors (Lipinski definition) is 4. The molecule has 0 radical (unpaired) electrons. The molecule has 0 fully saturated rings. The van der Waals surface area contributed by atoms with Gasteiger partial charge in [0.15, 0.2) is 0 Å². The van der Waals surface area contributed by atoms with Crippen LogP contribution in [0.3, 0.4) is 0 Å². The molecule has 3 aromatic rings. The summed E-state index contributed by atoms with van der Waals surface area (Å²) in [6.07, 6.45) is 10.1. The third-order valence-corrected chi connectivity index (χ3v) is 3.84. The first kappa shape index (κ1) is 20.7. The van der Waals surface area contributed by atoms with Crippen LogP contribution in [0.15, 0.2) is 42.6 Å². The molecule has 28 heavy (non-hydrogen) atoms. The minimum atomic E-state index is -0.341. The minimum Gasteiger partial charge on any atom is -0.476 e. The molecule has 0 spiro atoms. The molecule has 4 N–H and O–H groups in total. The molecule has 0 aliphatic heterocycles. The van der Waals surface area contributed by atoms with Crippen molar-refractivity contribution in [1.29, 1.82) is 0 Å². The molecule has 2 heterocycles. The predicted molar refractivity (Wildman–Crippen MR) is 108 cm³/mol. The lowest BCUT2D eigenvalue weighted by Crippen LogP contribution is -2.31. The fourth-order valence-electron chi connectivity index (χ4n) is 2.48. The number of ether oxygens (including phenoxy) is 1. The molecule has 0 aliphatic carbocycles. The topological polar surface area (TPSA) is 112 Å². The SMILES string of the molecule is C#C.C[C@@H](NC(=O)Nc1cc2[nH]nc(OCCCO)c2cn1)c1ccccc1. The fourth-order valence-corrected chi connectivity index (χ4v) is 2.48. The maximum atomic E-state index is 12.2. The lowest BCUT2D eigenvalue weighted by atomic mass is 10.1. The Hall–Kier alpha value is -3.57. The first-order valence-corrected chi connectivity index (χ1v) is 8.71. The summed E-state index contributed by atoms with van der Waals surface area (Å²) in [5.41, 5.74) is 1.72. The molecule has 0 unspecified atom stereocenters. The van der Waals surface area contributed by atoms with E-state index in [0.717, 1.165) is 5.56 Å². The lowest BCUT2D eigenvalue weighted by molar-refractivity contribution is 0.230. The fraction of sp³-hybridized carbons (Fsp3) is 0.250. The van der Waals surface area contributed by atoms with Crippen LogP contribution in [-0.4, -0.2) is 39.5 Å². The van der Waals surface area contributed by atoms with Crippen molar-refractivity contribution < 1.29 is 14.6 Å². The molecule has 1 aromatic carbocycles. The number of rotatable bonds is 7. The number of carbonyl (C=O) groups excluding carboxylic acids is 1. The monoisotopic (exact) mass is 381 g/mol. The van der Waals surface area contributed by atoms with Gasteiger partial charge in [-0.2, -0.15) is 0 Å². The highest BCUT2D eigenvalue weighted by Crippen LogP contribution is 2.23. The van der Waals surface area contributed by atoms with Crippen molar-refractivity contribution in [2.75, 3.05) is 18.5 Å². The number of nitrogens with one attached hydrogen (secondary N) is 3. The Labute approximate surface area is 163 Å². The number of urea groups is 1. The molecule has 2 amide bonds. The summed E-state index contributed by atoms with van der Waals surface area (Å²) in [5.74, 6) is 0.829. The predicted octanol–water partition coefficient (Wildman–Crippen LogP) is 2.85. The maximum absolute atomic E-state index is 12.2. The summed E-state index contributed by atoms with van der Waals surface area (Å²) in [7, 11) is 0. The van der Waals surface area contributed by atoms with Crippen LogP contribution >= 0.6 is 0 Å². The molecule has 2 aromatic heterocycles. The number of hydrogen-bond acceptors (Lipinski definition) is 5. The summed E-state index contributed by atoms with van der Waals surface area (Å²) < 4.78 is 5.48. The Morgan fingerprint density at radius 3 is 2.79 bits per heavy atom. The van der Waals surface area contributed by atoms with Crippen LogP contribution in [0.4, 0.5) is 10.6 Å². The second-order valence-electron chi connectivity index (χ2n) is 5.80. The number of anilines is 1. The van der Waals surface area contributed by atoms with Crippen LogP contribution in [0.1, 0.15) is 24.9 Å². The van der Waals surface area contributed by atoms with Gasteiger partial charge in [-0.05, 0) is 12.5 Å². The normalized spacial score (nSPS) is 11.1. The van der Waals surface area contributed by atoms with E-state index < -0.39 is 0 Å². The van der Waals surface area contributed by atoms with Crippen molar-refractivity contribution in [2.45, 2.75) is 19.4 Å². The zero-order valence-electron chi connectivity index (χ0n) is 15.6. The Bertz CT molecular complexity index is 908. The first-order valence-electron chi connectivity index (χ1n) is 8.71. The molecular formula is C20H23N5O3. The van der Waals surface area contributed by atoms with Crippen molar-refractivity contribution in [3.8, 4) is 18.7 Å². The van der Waals surface area contributed by atoms with Crippen LogP contribution in [0, 0.1) is 12.8 Å². The average molecular weight is 381 g/mol. The van der Waals surface area contributed by atoms with E-state index in [0.29, 0.717) is 35.6 Å². The second-order valence-corrected chi connectivity index (χ2v) is 5.80. The quantitative estimate of drug-likeness (QED) is 0.371. The number of benzene rings is 1. The highest BCUT2D eigenvalue weighted by atomic mass is 16.5. The average Bonchev–Trinajstić information content (AvgIpc) is 3.12. The number of fused-ring (bicyclic) bond motifs is 1. The van der Waals surface area contributed by atoms with Gasteiger partial charge in [-0.15, -0.1) is 17.9 Å². The zero-order chi connectivity index (χ0) is 20.4. The van der Waals surface area contributed by atoms with Gasteiger partial charge in [0.05, 0.1) is 23.6 Å². The van der Waals surface area contributed by atoms with Crippen molar-refractivity contribution in [2.24, 2.45) is 0 Å². The van der Waals surface area contributed by atoms with Crippen molar-refractivity contribution in [1.82, 2.24) is 20.5 Å². The minimum absolute atomic E-state index is 0.0607. The van der Waals surface area contributed by atoms with Crippen LogP contribution in [0.5, 0.6) is 5.88 Å². The Morgan fingerprint density at radius 2 is 2.07 bits per heavy atom. The van der Waals surface area contributed by atoms with E-state index in [9.17, 15) is 4.79 Å². The number of H-pyrrole nitrogens is 1. The summed E-state index contributed by atoms with van der Waals surface area (Å²) in [5, 5.41) is 22.0. The van der Waals surface area contributed by atoms with Gasteiger partial charge in [-0.3, -0.25) is 10.4 Å². The molecule has 0 saturated carbocycles. The largest absolute Gasteiger partial charge is 0.476 e. The van der Waals surface area contributed by atoms with E-state index >= 15 is 0 Å². The molecule has 3 rings (SSSR count). The summed E-state index contributed by atoms with van der Waals surface area (Å²) in [6, 6.07) is 10.9.